The van der Waals surface area contributed by atoms with Crippen LogP contribution in [0.5, 0.6) is 0 Å². The zero-order valence-electron chi connectivity index (χ0n) is 12.4. The highest BCUT2D eigenvalue weighted by Gasteiger charge is 2.14. The topological polar surface area (TPSA) is 18.5 Å². The maximum Gasteiger partial charge on any atom is 0.201 e. The van der Waals surface area contributed by atoms with E-state index in [0.717, 1.165) is 25.5 Å². The Morgan fingerprint density at radius 1 is 1.32 bits per heavy atom. The van der Waals surface area contributed by atoms with Gasteiger partial charge in [0.1, 0.15) is 0 Å². The fourth-order valence-electron chi connectivity index (χ4n) is 2.05. The van der Waals surface area contributed by atoms with Gasteiger partial charge in [0.15, 0.2) is 0 Å². The van der Waals surface area contributed by atoms with Crippen molar-refractivity contribution in [3.8, 4) is 0 Å². The molecule has 0 aliphatic carbocycles. The number of benzene rings is 1. The van der Waals surface area contributed by atoms with Crippen molar-refractivity contribution in [3.05, 3.63) is 42.0 Å². The van der Waals surface area contributed by atoms with E-state index in [1.807, 2.05) is 19.1 Å². The zero-order valence-corrected chi connectivity index (χ0v) is 13.5. The lowest BCUT2D eigenvalue weighted by atomic mass is 9.96. The van der Waals surface area contributed by atoms with Crippen LogP contribution in [0.25, 0.3) is 6.08 Å². The van der Waals surface area contributed by atoms with Gasteiger partial charge in [-0.2, -0.15) is 0 Å². The van der Waals surface area contributed by atoms with Crippen LogP contribution >= 0.6 is 0 Å². The van der Waals surface area contributed by atoms with Crippen molar-refractivity contribution in [2.45, 2.75) is 32.7 Å². The van der Waals surface area contributed by atoms with E-state index in [1.54, 1.807) is 0 Å². The van der Waals surface area contributed by atoms with Gasteiger partial charge in [0.05, 0.1) is 6.23 Å². The smallest absolute Gasteiger partial charge is 0.201 e. The maximum atomic E-state index is 6.09. The minimum absolute atomic E-state index is 0.400. The van der Waals surface area contributed by atoms with Gasteiger partial charge < -0.3 is 9.16 Å². The van der Waals surface area contributed by atoms with Crippen molar-refractivity contribution in [1.29, 1.82) is 0 Å². The summed E-state index contributed by atoms with van der Waals surface area (Å²) in [5.74, 6) is 0.400. The molecule has 0 fully saturated rings. The molecular weight excluding hydrogens is 252 g/mol. The summed E-state index contributed by atoms with van der Waals surface area (Å²) in [6.07, 6.45) is 2.74. The van der Waals surface area contributed by atoms with Gasteiger partial charge in [-0.05, 0) is 24.1 Å². The Morgan fingerprint density at radius 3 is 2.68 bits per heavy atom. The Morgan fingerprint density at radius 2 is 2.05 bits per heavy atom. The quantitative estimate of drug-likeness (QED) is 0.640. The summed E-state index contributed by atoms with van der Waals surface area (Å²) >= 11 is 0. The third-order valence-corrected chi connectivity index (χ3v) is 5.47. The van der Waals surface area contributed by atoms with Crippen LogP contribution in [0.3, 0.4) is 0 Å². The van der Waals surface area contributed by atoms with Crippen molar-refractivity contribution in [2.75, 3.05) is 19.4 Å². The molecule has 1 aromatic rings. The maximum absolute atomic E-state index is 6.09. The lowest BCUT2D eigenvalue weighted by Crippen LogP contribution is -2.26. The van der Waals surface area contributed by atoms with E-state index >= 15 is 0 Å². The van der Waals surface area contributed by atoms with E-state index in [0.29, 0.717) is 5.92 Å². The molecule has 1 aromatic carbocycles. The molecule has 0 aromatic heterocycles. The molecule has 0 spiro atoms. The van der Waals surface area contributed by atoms with Crippen LogP contribution in [-0.4, -0.2) is 28.5 Å². The van der Waals surface area contributed by atoms with Gasteiger partial charge in [-0.25, -0.2) is 0 Å². The van der Waals surface area contributed by atoms with Crippen molar-refractivity contribution in [1.82, 2.24) is 0 Å². The number of ether oxygens (including phenoxy) is 1. The monoisotopic (exact) mass is 278 g/mol. The van der Waals surface area contributed by atoms with Gasteiger partial charge in [-0.3, -0.25) is 0 Å². The summed E-state index contributed by atoms with van der Waals surface area (Å²) in [6.45, 7) is 11.9. The first-order valence-corrected chi connectivity index (χ1v) is 9.24. The Hall–Kier alpha value is -0.903. The summed E-state index contributed by atoms with van der Waals surface area (Å²) in [4.78, 5) is 0. The SMILES string of the molecule is C=Cc1ccccc1C(C)CO[SiH](CC)COCC. The summed E-state index contributed by atoms with van der Waals surface area (Å²) < 4.78 is 11.6. The van der Waals surface area contributed by atoms with E-state index in [1.165, 1.54) is 11.1 Å². The zero-order chi connectivity index (χ0) is 14.1. The lowest BCUT2D eigenvalue weighted by Gasteiger charge is -2.19. The molecule has 0 saturated heterocycles. The largest absolute Gasteiger partial charge is 0.417 e. The van der Waals surface area contributed by atoms with Gasteiger partial charge in [0, 0.05) is 19.1 Å². The summed E-state index contributed by atoms with van der Waals surface area (Å²) in [5.41, 5.74) is 2.52. The summed E-state index contributed by atoms with van der Waals surface area (Å²) in [6, 6.07) is 9.51. The predicted molar refractivity (Wildman–Crippen MR) is 85.0 cm³/mol. The molecule has 0 saturated carbocycles. The van der Waals surface area contributed by atoms with Gasteiger partial charge in [0.25, 0.3) is 0 Å². The van der Waals surface area contributed by atoms with E-state index in [-0.39, 0.29) is 0 Å². The molecule has 0 amide bonds. The number of rotatable bonds is 9. The molecule has 0 bridgehead atoms. The van der Waals surface area contributed by atoms with Crippen molar-refractivity contribution in [2.24, 2.45) is 0 Å². The molecular formula is C16H26O2Si. The molecule has 1 rings (SSSR count). The molecule has 3 heteroatoms. The number of hydrogen-bond acceptors (Lipinski definition) is 2. The van der Waals surface area contributed by atoms with E-state index in [2.05, 4.69) is 38.6 Å². The van der Waals surface area contributed by atoms with Crippen LogP contribution in [0.1, 0.15) is 37.8 Å². The van der Waals surface area contributed by atoms with Crippen LogP contribution in [0.4, 0.5) is 0 Å². The molecule has 0 N–H and O–H groups in total. The van der Waals surface area contributed by atoms with Crippen LogP contribution in [-0.2, 0) is 9.16 Å². The Labute approximate surface area is 119 Å². The average molecular weight is 278 g/mol. The number of hydrogen-bond donors (Lipinski definition) is 0. The Kier molecular flexibility index (Phi) is 7.71. The highest BCUT2D eigenvalue weighted by Crippen LogP contribution is 2.21. The highest BCUT2D eigenvalue weighted by atomic mass is 28.3. The van der Waals surface area contributed by atoms with Gasteiger partial charge in [-0.1, -0.05) is 50.8 Å². The molecule has 2 nitrogen and oxygen atoms in total. The van der Waals surface area contributed by atoms with Crippen molar-refractivity contribution < 1.29 is 9.16 Å². The minimum atomic E-state index is -1.18. The molecule has 2 atom stereocenters. The highest BCUT2D eigenvalue weighted by molar-refractivity contribution is 6.51. The van der Waals surface area contributed by atoms with Crippen molar-refractivity contribution >= 4 is 15.1 Å². The lowest BCUT2D eigenvalue weighted by molar-refractivity contribution is 0.169. The first-order chi connectivity index (χ1) is 9.22. The average Bonchev–Trinajstić information content (AvgIpc) is 2.47. The second-order valence-corrected chi connectivity index (χ2v) is 7.48. The standard InChI is InChI=1S/C16H26O2Si/c1-5-15-10-8-9-11-16(15)14(4)12-18-19(7-3)13-17-6-2/h5,8-11,14,19H,1,6-7,12-13H2,2-4H3. The molecule has 2 unspecified atom stereocenters. The van der Waals surface area contributed by atoms with Crippen LogP contribution in [0, 0.1) is 0 Å². The van der Waals surface area contributed by atoms with Crippen LogP contribution < -0.4 is 0 Å². The molecule has 19 heavy (non-hydrogen) atoms. The first kappa shape index (κ1) is 16.2. The normalized spacial score (nSPS) is 14.1. The van der Waals surface area contributed by atoms with Gasteiger partial charge >= 0.3 is 0 Å². The molecule has 0 heterocycles. The molecule has 0 aliphatic rings. The Balaban J connectivity index is 2.54. The van der Waals surface area contributed by atoms with E-state index < -0.39 is 9.04 Å². The molecule has 106 valence electrons. The molecule has 0 aliphatic heterocycles. The predicted octanol–water partition coefficient (Wildman–Crippen LogP) is 3.77. The second-order valence-electron chi connectivity index (χ2n) is 4.76. The minimum Gasteiger partial charge on any atom is -0.417 e. The second kappa shape index (κ2) is 9.07. The van der Waals surface area contributed by atoms with Crippen LogP contribution in [0.2, 0.25) is 6.04 Å². The van der Waals surface area contributed by atoms with E-state index in [9.17, 15) is 0 Å². The summed E-state index contributed by atoms with van der Waals surface area (Å²) in [7, 11) is -1.18. The van der Waals surface area contributed by atoms with Gasteiger partial charge in [-0.15, -0.1) is 0 Å². The molecule has 0 radical (unpaired) electrons. The Bertz CT molecular complexity index is 379. The fraction of sp³-hybridized carbons (Fsp3) is 0.500. The van der Waals surface area contributed by atoms with Gasteiger partial charge in [0.2, 0.25) is 9.04 Å². The fourth-order valence-corrected chi connectivity index (χ4v) is 3.68. The third-order valence-electron chi connectivity index (χ3n) is 3.29. The first-order valence-electron chi connectivity index (χ1n) is 7.13. The van der Waals surface area contributed by atoms with E-state index in [4.69, 9.17) is 9.16 Å². The van der Waals surface area contributed by atoms with Crippen molar-refractivity contribution in [3.63, 3.8) is 0 Å². The van der Waals surface area contributed by atoms with Crippen LogP contribution in [0.15, 0.2) is 30.8 Å². The summed E-state index contributed by atoms with van der Waals surface area (Å²) in [5, 5.41) is 0. The third kappa shape index (κ3) is 5.31.